The van der Waals surface area contributed by atoms with Gasteiger partial charge >= 0.3 is 0 Å². The first kappa shape index (κ1) is 17.3. The Morgan fingerprint density at radius 2 is 1.86 bits per heavy atom. The van der Waals surface area contributed by atoms with E-state index in [1.54, 1.807) is 0 Å². The minimum Gasteiger partial charge on any atom is -0.356 e. The Morgan fingerprint density at radius 3 is 2.50 bits per heavy atom. The Balaban J connectivity index is 1.70. The van der Waals surface area contributed by atoms with Crippen molar-refractivity contribution in [2.75, 3.05) is 39.3 Å². The molecule has 0 aromatic carbocycles. The van der Waals surface area contributed by atoms with Gasteiger partial charge in [-0.2, -0.15) is 0 Å². The summed E-state index contributed by atoms with van der Waals surface area (Å²) in [5, 5.41) is 2.98. The second-order valence-corrected chi connectivity index (χ2v) is 6.93. The molecule has 0 bridgehead atoms. The third-order valence-electron chi connectivity index (χ3n) is 4.88. The van der Waals surface area contributed by atoms with Gasteiger partial charge in [-0.3, -0.25) is 14.5 Å². The molecule has 2 heterocycles. The molecule has 126 valence electrons. The van der Waals surface area contributed by atoms with E-state index >= 15 is 0 Å². The average molecular weight is 309 g/mol. The minimum atomic E-state index is 0.132. The third-order valence-corrected chi connectivity index (χ3v) is 4.88. The Bertz CT molecular complexity index is 378. The molecule has 2 aliphatic rings. The van der Waals surface area contributed by atoms with Crippen LogP contribution in [0.5, 0.6) is 0 Å². The highest BCUT2D eigenvalue weighted by Crippen LogP contribution is 2.19. The molecule has 2 fully saturated rings. The summed E-state index contributed by atoms with van der Waals surface area (Å²) in [7, 11) is 0. The van der Waals surface area contributed by atoms with Gasteiger partial charge in [-0.05, 0) is 51.1 Å². The lowest BCUT2D eigenvalue weighted by Crippen LogP contribution is -2.47. The highest BCUT2D eigenvalue weighted by molar-refractivity contribution is 5.79. The van der Waals surface area contributed by atoms with E-state index in [0.717, 1.165) is 58.4 Å². The molecule has 2 amide bonds. The number of hydrogen-bond donors (Lipinski definition) is 1. The van der Waals surface area contributed by atoms with Crippen LogP contribution in [0.2, 0.25) is 0 Å². The molecule has 0 aromatic heterocycles. The predicted molar refractivity (Wildman–Crippen MR) is 87.4 cm³/mol. The van der Waals surface area contributed by atoms with Gasteiger partial charge in [0.1, 0.15) is 0 Å². The topological polar surface area (TPSA) is 52.7 Å². The van der Waals surface area contributed by atoms with E-state index in [2.05, 4.69) is 24.1 Å². The van der Waals surface area contributed by atoms with E-state index in [-0.39, 0.29) is 17.7 Å². The first-order valence-corrected chi connectivity index (χ1v) is 8.88. The lowest BCUT2D eigenvalue weighted by Gasteiger charge is -2.35. The Hall–Kier alpha value is -1.10. The van der Waals surface area contributed by atoms with Crippen molar-refractivity contribution in [2.45, 2.75) is 46.0 Å². The molecule has 1 atom stereocenters. The van der Waals surface area contributed by atoms with Gasteiger partial charge in [-0.25, -0.2) is 0 Å². The van der Waals surface area contributed by atoms with Crippen LogP contribution >= 0.6 is 0 Å². The number of rotatable bonds is 5. The second kappa shape index (κ2) is 8.51. The first-order valence-electron chi connectivity index (χ1n) is 8.88. The van der Waals surface area contributed by atoms with E-state index in [1.165, 1.54) is 6.42 Å². The molecule has 0 aliphatic carbocycles. The number of carbonyl (C=O) groups is 2. The first-order chi connectivity index (χ1) is 10.6. The molecular weight excluding hydrogens is 278 g/mol. The van der Waals surface area contributed by atoms with Crippen LogP contribution in [0.3, 0.4) is 0 Å². The molecule has 0 saturated carbocycles. The van der Waals surface area contributed by atoms with Gasteiger partial charge in [-0.1, -0.05) is 13.8 Å². The number of amides is 2. The van der Waals surface area contributed by atoms with Crippen LogP contribution in [0.1, 0.15) is 46.0 Å². The largest absolute Gasteiger partial charge is 0.356 e. The molecule has 22 heavy (non-hydrogen) atoms. The second-order valence-electron chi connectivity index (χ2n) is 6.93. The zero-order chi connectivity index (χ0) is 15.9. The van der Waals surface area contributed by atoms with Crippen molar-refractivity contribution >= 4 is 11.8 Å². The molecule has 0 radical (unpaired) electrons. The van der Waals surface area contributed by atoms with Crippen molar-refractivity contribution in [2.24, 2.45) is 11.8 Å². The van der Waals surface area contributed by atoms with Crippen molar-refractivity contribution in [3.05, 3.63) is 0 Å². The van der Waals surface area contributed by atoms with Gasteiger partial charge < -0.3 is 10.2 Å². The summed E-state index contributed by atoms with van der Waals surface area (Å²) in [5.41, 5.74) is 0. The van der Waals surface area contributed by atoms with E-state index in [1.807, 2.05) is 4.90 Å². The molecule has 5 nitrogen and oxygen atoms in total. The third kappa shape index (κ3) is 4.97. The van der Waals surface area contributed by atoms with Crippen molar-refractivity contribution in [1.29, 1.82) is 0 Å². The van der Waals surface area contributed by atoms with Crippen LogP contribution in [0.25, 0.3) is 0 Å². The van der Waals surface area contributed by atoms with Crippen molar-refractivity contribution in [1.82, 2.24) is 15.1 Å². The van der Waals surface area contributed by atoms with Crippen LogP contribution in [-0.2, 0) is 9.59 Å². The van der Waals surface area contributed by atoms with Crippen molar-refractivity contribution in [3.63, 3.8) is 0 Å². The molecule has 2 aliphatic heterocycles. The molecule has 1 unspecified atom stereocenters. The summed E-state index contributed by atoms with van der Waals surface area (Å²) >= 11 is 0. The van der Waals surface area contributed by atoms with Crippen LogP contribution in [0.4, 0.5) is 0 Å². The summed E-state index contributed by atoms with van der Waals surface area (Å²) in [6.45, 7) is 9.13. The van der Waals surface area contributed by atoms with Gasteiger partial charge in [0.25, 0.3) is 0 Å². The van der Waals surface area contributed by atoms with Crippen molar-refractivity contribution in [3.8, 4) is 0 Å². The van der Waals surface area contributed by atoms with E-state index < -0.39 is 0 Å². The number of likely N-dealkylation sites (tertiary alicyclic amines) is 2. The zero-order valence-corrected chi connectivity index (χ0v) is 14.1. The van der Waals surface area contributed by atoms with E-state index in [0.29, 0.717) is 12.5 Å². The van der Waals surface area contributed by atoms with E-state index in [4.69, 9.17) is 0 Å². The quantitative estimate of drug-likeness (QED) is 0.837. The Morgan fingerprint density at radius 1 is 1.14 bits per heavy atom. The van der Waals surface area contributed by atoms with Gasteiger partial charge in [0, 0.05) is 25.6 Å². The monoisotopic (exact) mass is 309 g/mol. The summed E-state index contributed by atoms with van der Waals surface area (Å²) in [4.78, 5) is 28.6. The average Bonchev–Trinajstić information content (AvgIpc) is 2.53. The maximum atomic E-state index is 12.4. The SMILES string of the molecule is CCCNC(=O)C1CCN(CC(=O)N2CCCC(C)C2)CC1. The molecule has 2 rings (SSSR count). The highest BCUT2D eigenvalue weighted by Gasteiger charge is 2.27. The number of piperidine rings is 2. The van der Waals surface area contributed by atoms with Gasteiger partial charge in [0.2, 0.25) is 11.8 Å². The fourth-order valence-electron chi connectivity index (χ4n) is 3.45. The number of hydrogen-bond acceptors (Lipinski definition) is 3. The number of nitrogens with zero attached hydrogens (tertiary/aromatic N) is 2. The normalized spacial score (nSPS) is 24.3. The Kier molecular flexibility index (Phi) is 6.68. The fourth-order valence-corrected chi connectivity index (χ4v) is 3.45. The molecule has 0 spiro atoms. The predicted octanol–water partition coefficient (Wildman–Crippen LogP) is 1.48. The summed E-state index contributed by atoms with van der Waals surface area (Å²) < 4.78 is 0. The van der Waals surface area contributed by atoms with Crippen LogP contribution < -0.4 is 5.32 Å². The van der Waals surface area contributed by atoms with Gasteiger partial charge in [0.05, 0.1) is 6.54 Å². The zero-order valence-electron chi connectivity index (χ0n) is 14.1. The van der Waals surface area contributed by atoms with E-state index in [9.17, 15) is 9.59 Å². The van der Waals surface area contributed by atoms with Crippen LogP contribution in [0.15, 0.2) is 0 Å². The van der Waals surface area contributed by atoms with Crippen LogP contribution in [-0.4, -0.2) is 60.9 Å². The fraction of sp³-hybridized carbons (Fsp3) is 0.882. The summed E-state index contributed by atoms with van der Waals surface area (Å²) in [6.07, 6.45) is 5.10. The van der Waals surface area contributed by atoms with Gasteiger partial charge in [0.15, 0.2) is 0 Å². The lowest BCUT2D eigenvalue weighted by molar-refractivity contribution is -0.134. The van der Waals surface area contributed by atoms with Crippen LogP contribution in [0, 0.1) is 11.8 Å². The molecule has 2 saturated heterocycles. The molecule has 5 heteroatoms. The summed E-state index contributed by atoms with van der Waals surface area (Å²) in [6, 6.07) is 0. The molecule has 0 aromatic rings. The maximum Gasteiger partial charge on any atom is 0.236 e. The minimum absolute atomic E-state index is 0.132. The Labute approximate surface area is 134 Å². The molecule has 1 N–H and O–H groups in total. The lowest BCUT2D eigenvalue weighted by atomic mass is 9.95. The number of carbonyl (C=O) groups excluding carboxylic acids is 2. The molecular formula is C17H31N3O2. The number of nitrogens with one attached hydrogen (secondary N) is 1. The van der Waals surface area contributed by atoms with Gasteiger partial charge in [-0.15, -0.1) is 0 Å². The smallest absolute Gasteiger partial charge is 0.236 e. The highest BCUT2D eigenvalue weighted by atomic mass is 16.2. The summed E-state index contributed by atoms with van der Waals surface area (Å²) in [5.74, 6) is 1.22. The van der Waals surface area contributed by atoms with Crippen molar-refractivity contribution < 1.29 is 9.59 Å². The standard InChI is InChI=1S/C17H31N3O2/c1-3-8-18-17(22)15-6-10-19(11-7-15)13-16(21)20-9-4-5-14(2)12-20/h14-15H,3-13H2,1-2H3,(H,18,22). The maximum absolute atomic E-state index is 12.4.